The number of oxime groups is 1. The third-order valence-corrected chi connectivity index (χ3v) is 4.33. The number of allylic oxidation sites excluding steroid dienone is 2. The van der Waals surface area contributed by atoms with E-state index in [9.17, 15) is 8.42 Å². The Hall–Kier alpha value is -1.62. The fraction of sp³-hybridized carbons (Fsp3) is 0.357. The molecule has 0 aliphatic heterocycles. The van der Waals surface area contributed by atoms with Crippen molar-refractivity contribution in [3.63, 3.8) is 0 Å². The Labute approximate surface area is 113 Å². The van der Waals surface area contributed by atoms with Crippen LogP contribution in [-0.4, -0.2) is 28.0 Å². The second kappa shape index (κ2) is 5.57. The average molecular weight is 279 g/mol. The lowest BCUT2D eigenvalue weighted by molar-refractivity contribution is 0.215. The van der Waals surface area contributed by atoms with Crippen LogP contribution in [0.4, 0.5) is 0 Å². The molecule has 0 saturated carbocycles. The van der Waals surface area contributed by atoms with Crippen molar-refractivity contribution < 1.29 is 13.3 Å². The molecule has 0 bridgehead atoms. The van der Waals surface area contributed by atoms with Gasteiger partial charge in [0.15, 0.2) is 9.84 Å². The Morgan fingerprint density at radius 1 is 1.21 bits per heavy atom. The summed E-state index contributed by atoms with van der Waals surface area (Å²) in [5.41, 5.74) is 3.44. The largest absolute Gasteiger partial charge is 0.399 e. The summed E-state index contributed by atoms with van der Waals surface area (Å²) in [7, 11) is -1.61. The van der Waals surface area contributed by atoms with E-state index >= 15 is 0 Å². The van der Waals surface area contributed by atoms with Gasteiger partial charge in [-0.05, 0) is 48.1 Å². The quantitative estimate of drug-likeness (QED) is 0.629. The molecular weight excluding hydrogens is 262 g/mol. The standard InChI is InChI=1S/C14H17NO3S/c1-18-15-10-12-4-3-5-14(12)11-6-8-13(9-7-11)19(2,16)17/h6-10H,3-5H2,1-2H3/b15-10+. The molecule has 0 spiro atoms. The molecule has 1 aliphatic rings. The highest BCUT2D eigenvalue weighted by atomic mass is 32.2. The molecule has 0 unspecified atom stereocenters. The van der Waals surface area contributed by atoms with Gasteiger partial charge in [0.1, 0.15) is 7.11 Å². The van der Waals surface area contributed by atoms with Crippen molar-refractivity contribution >= 4 is 21.6 Å². The lowest BCUT2D eigenvalue weighted by atomic mass is 10.0. The molecular formula is C14H17NO3S. The molecule has 0 heterocycles. The van der Waals surface area contributed by atoms with E-state index in [1.807, 2.05) is 12.1 Å². The molecule has 0 atom stereocenters. The molecule has 0 saturated heterocycles. The van der Waals surface area contributed by atoms with E-state index in [4.69, 9.17) is 4.84 Å². The summed E-state index contributed by atoms with van der Waals surface area (Å²) < 4.78 is 22.8. The first-order valence-corrected chi connectivity index (χ1v) is 8.00. The van der Waals surface area contributed by atoms with Crippen molar-refractivity contribution in [2.24, 2.45) is 5.16 Å². The van der Waals surface area contributed by atoms with Crippen LogP contribution >= 0.6 is 0 Å². The molecule has 1 aliphatic carbocycles. The van der Waals surface area contributed by atoms with Crippen molar-refractivity contribution in [3.8, 4) is 0 Å². The Morgan fingerprint density at radius 3 is 2.47 bits per heavy atom. The van der Waals surface area contributed by atoms with E-state index in [1.54, 1.807) is 18.3 Å². The lowest BCUT2D eigenvalue weighted by Gasteiger charge is -2.05. The minimum absolute atomic E-state index is 0.349. The number of rotatable bonds is 4. The summed E-state index contributed by atoms with van der Waals surface area (Å²) in [6.45, 7) is 0. The first-order chi connectivity index (χ1) is 9.02. The summed E-state index contributed by atoms with van der Waals surface area (Å²) in [6, 6.07) is 7.03. The minimum Gasteiger partial charge on any atom is -0.399 e. The number of nitrogens with zero attached hydrogens (tertiary/aromatic N) is 1. The second-order valence-electron chi connectivity index (χ2n) is 4.57. The van der Waals surface area contributed by atoms with Crippen LogP contribution in [0.1, 0.15) is 24.8 Å². The predicted molar refractivity (Wildman–Crippen MR) is 75.8 cm³/mol. The monoisotopic (exact) mass is 279 g/mol. The van der Waals surface area contributed by atoms with Gasteiger partial charge in [-0.1, -0.05) is 17.3 Å². The van der Waals surface area contributed by atoms with Crippen LogP contribution in [0.25, 0.3) is 5.57 Å². The number of hydrogen-bond donors (Lipinski definition) is 0. The third kappa shape index (κ3) is 3.23. The number of sulfone groups is 1. The maximum absolute atomic E-state index is 11.4. The van der Waals surface area contributed by atoms with Crippen molar-refractivity contribution in [2.75, 3.05) is 13.4 Å². The minimum atomic E-state index is -3.13. The van der Waals surface area contributed by atoms with E-state index < -0.39 is 9.84 Å². The topological polar surface area (TPSA) is 55.7 Å². The summed E-state index contributed by atoms with van der Waals surface area (Å²) in [5, 5.41) is 3.81. The van der Waals surface area contributed by atoms with Gasteiger partial charge in [0.25, 0.3) is 0 Å². The van der Waals surface area contributed by atoms with Gasteiger partial charge in [0.2, 0.25) is 0 Å². The van der Waals surface area contributed by atoms with Crippen LogP contribution in [0.2, 0.25) is 0 Å². The molecule has 1 aromatic carbocycles. The zero-order valence-corrected chi connectivity index (χ0v) is 11.9. The van der Waals surface area contributed by atoms with Gasteiger partial charge in [-0.15, -0.1) is 0 Å². The molecule has 0 amide bonds. The van der Waals surface area contributed by atoms with Crippen LogP contribution < -0.4 is 0 Å². The first kappa shape index (κ1) is 13.8. The molecule has 0 aromatic heterocycles. The van der Waals surface area contributed by atoms with Crippen molar-refractivity contribution in [3.05, 3.63) is 35.4 Å². The van der Waals surface area contributed by atoms with E-state index in [-0.39, 0.29) is 0 Å². The average Bonchev–Trinajstić information content (AvgIpc) is 2.83. The fourth-order valence-electron chi connectivity index (χ4n) is 2.26. The maximum atomic E-state index is 11.4. The molecule has 19 heavy (non-hydrogen) atoms. The third-order valence-electron chi connectivity index (χ3n) is 3.21. The van der Waals surface area contributed by atoms with Crippen LogP contribution in [0.5, 0.6) is 0 Å². The number of hydrogen-bond acceptors (Lipinski definition) is 4. The predicted octanol–water partition coefficient (Wildman–Crippen LogP) is 2.66. The first-order valence-electron chi connectivity index (χ1n) is 6.11. The van der Waals surface area contributed by atoms with E-state index in [1.165, 1.54) is 18.9 Å². The molecule has 2 rings (SSSR count). The Balaban J connectivity index is 2.34. The Morgan fingerprint density at radius 2 is 1.89 bits per heavy atom. The molecule has 1 aromatic rings. The highest BCUT2D eigenvalue weighted by Gasteiger charge is 2.15. The van der Waals surface area contributed by atoms with Gasteiger partial charge in [0, 0.05) is 6.26 Å². The van der Waals surface area contributed by atoms with Gasteiger partial charge < -0.3 is 4.84 Å². The van der Waals surface area contributed by atoms with Crippen LogP contribution in [0, 0.1) is 0 Å². The molecule has 4 nitrogen and oxygen atoms in total. The highest BCUT2D eigenvalue weighted by Crippen LogP contribution is 2.33. The van der Waals surface area contributed by atoms with Gasteiger partial charge >= 0.3 is 0 Å². The van der Waals surface area contributed by atoms with Gasteiger partial charge in [-0.3, -0.25) is 0 Å². The highest BCUT2D eigenvalue weighted by molar-refractivity contribution is 7.90. The molecule has 5 heteroatoms. The van der Waals surface area contributed by atoms with Crippen LogP contribution in [-0.2, 0) is 14.7 Å². The Bertz CT molecular complexity index is 613. The lowest BCUT2D eigenvalue weighted by Crippen LogP contribution is -1.97. The maximum Gasteiger partial charge on any atom is 0.175 e. The zero-order valence-electron chi connectivity index (χ0n) is 11.1. The summed E-state index contributed by atoms with van der Waals surface area (Å²) >= 11 is 0. The second-order valence-corrected chi connectivity index (χ2v) is 6.59. The fourth-order valence-corrected chi connectivity index (χ4v) is 2.89. The Kier molecular flexibility index (Phi) is 4.04. The van der Waals surface area contributed by atoms with Gasteiger partial charge in [-0.25, -0.2) is 8.42 Å². The van der Waals surface area contributed by atoms with Crippen molar-refractivity contribution in [1.29, 1.82) is 0 Å². The summed E-state index contributed by atoms with van der Waals surface area (Å²) in [4.78, 5) is 5.06. The molecule has 102 valence electrons. The zero-order chi connectivity index (χ0) is 13.9. The van der Waals surface area contributed by atoms with Crippen molar-refractivity contribution in [1.82, 2.24) is 0 Å². The van der Waals surface area contributed by atoms with E-state index in [2.05, 4.69) is 5.16 Å². The van der Waals surface area contributed by atoms with Gasteiger partial charge in [0.05, 0.1) is 11.1 Å². The van der Waals surface area contributed by atoms with Crippen LogP contribution in [0.15, 0.2) is 39.9 Å². The van der Waals surface area contributed by atoms with E-state index in [0.717, 1.165) is 30.4 Å². The molecule has 0 radical (unpaired) electrons. The van der Waals surface area contributed by atoms with Gasteiger partial charge in [-0.2, -0.15) is 0 Å². The smallest absolute Gasteiger partial charge is 0.175 e. The normalized spacial score (nSPS) is 16.3. The molecule has 0 fully saturated rings. The van der Waals surface area contributed by atoms with E-state index in [0.29, 0.717) is 4.90 Å². The SMILES string of the molecule is CO/N=C/C1=C(c2ccc(S(C)(=O)=O)cc2)CCC1. The van der Waals surface area contributed by atoms with Crippen LogP contribution in [0.3, 0.4) is 0 Å². The van der Waals surface area contributed by atoms with Crippen molar-refractivity contribution in [2.45, 2.75) is 24.2 Å². The summed E-state index contributed by atoms with van der Waals surface area (Å²) in [5.74, 6) is 0. The molecule has 0 N–H and O–H groups in total. The number of benzene rings is 1. The summed E-state index contributed by atoms with van der Waals surface area (Å²) in [6.07, 6.45) is 6.02.